The Morgan fingerprint density at radius 3 is 2.51 bits per heavy atom. The Bertz CT molecular complexity index is 1170. The Labute approximate surface area is 247 Å². The topological polar surface area (TPSA) is 90.4 Å². The maximum atomic E-state index is 14.6. The first-order chi connectivity index (χ1) is 20.0. The summed E-state index contributed by atoms with van der Waals surface area (Å²) in [7, 11) is 0. The van der Waals surface area contributed by atoms with E-state index in [2.05, 4.69) is 49.1 Å². The predicted molar refractivity (Wildman–Crippen MR) is 163 cm³/mol. The molecule has 1 aromatic carbocycles. The van der Waals surface area contributed by atoms with E-state index in [4.69, 9.17) is 4.74 Å². The van der Waals surface area contributed by atoms with Crippen molar-refractivity contribution in [3.8, 4) is 0 Å². The number of carbonyl (C=O) groups is 3. The summed E-state index contributed by atoms with van der Waals surface area (Å²) in [5, 5.41) is 8.96. The van der Waals surface area contributed by atoms with Gasteiger partial charge in [0.1, 0.15) is 6.04 Å². The van der Waals surface area contributed by atoms with Crippen molar-refractivity contribution in [3.63, 3.8) is 0 Å². The Morgan fingerprint density at radius 1 is 1.02 bits per heavy atom. The Balaban J connectivity index is 1.50. The molecule has 0 aromatic heterocycles. The molecule has 222 valence electrons. The molecule has 0 bridgehead atoms. The lowest BCUT2D eigenvalue weighted by molar-refractivity contribution is -0.153. The van der Waals surface area contributed by atoms with Crippen LogP contribution in [-0.4, -0.2) is 83.2 Å². The molecule has 1 N–H and O–H groups in total. The lowest BCUT2D eigenvalue weighted by Crippen LogP contribution is -2.53. The number of thioether (sulfide) groups is 1. The van der Waals surface area contributed by atoms with Crippen LogP contribution in [0.3, 0.4) is 0 Å². The summed E-state index contributed by atoms with van der Waals surface area (Å²) in [4.78, 5) is 48.0. The van der Waals surface area contributed by atoms with Gasteiger partial charge in [-0.2, -0.15) is 0 Å². The zero-order valence-electron chi connectivity index (χ0n) is 24.2. The zero-order chi connectivity index (χ0) is 29.0. The van der Waals surface area contributed by atoms with Gasteiger partial charge in [0.05, 0.1) is 23.2 Å². The van der Waals surface area contributed by atoms with Gasteiger partial charge in [0.25, 0.3) is 5.91 Å². The second-order valence-corrected chi connectivity index (χ2v) is 12.8. The number of benzene rings is 1. The van der Waals surface area contributed by atoms with Gasteiger partial charge < -0.3 is 24.5 Å². The highest BCUT2D eigenvalue weighted by Gasteiger charge is 2.70. The first kappa shape index (κ1) is 29.7. The van der Waals surface area contributed by atoms with Crippen molar-refractivity contribution in [2.75, 3.05) is 49.2 Å². The van der Waals surface area contributed by atoms with Crippen LogP contribution >= 0.6 is 11.8 Å². The van der Waals surface area contributed by atoms with Crippen LogP contribution in [0.25, 0.3) is 0 Å². The normalized spacial score (nSPS) is 30.1. The number of anilines is 2. The van der Waals surface area contributed by atoms with Crippen LogP contribution in [0.1, 0.15) is 52.4 Å². The van der Waals surface area contributed by atoms with Gasteiger partial charge in [-0.1, -0.05) is 37.1 Å². The van der Waals surface area contributed by atoms with Crippen molar-refractivity contribution >= 4 is 40.9 Å². The minimum atomic E-state index is -0.840. The van der Waals surface area contributed by atoms with E-state index in [0.717, 1.165) is 63.0 Å². The van der Waals surface area contributed by atoms with E-state index in [9.17, 15) is 19.5 Å². The molecule has 4 aliphatic rings. The minimum Gasteiger partial charge on any atom is -0.465 e. The number of unbranched alkanes of at least 4 members (excludes halogenated alkanes) is 3. The number of nitrogens with zero attached hydrogens (tertiary/aromatic N) is 3. The summed E-state index contributed by atoms with van der Waals surface area (Å²) in [6, 6.07) is 7.38. The quantitative estimate of drug-likeness (QED) is 0.252. The predicted octanol–water partition coefficient (Wildman–Crippen LogP) is 4.18. The van der Waals surface area contributed by atoms with Gasteiger partial charge in [-0.3, -0.25) is 14.4 Å². The molecule has 41 heavy (non-hydrogen) atoms. The third kappa shape index (κ3) is 5.55. The molecule has 1 aromatic rings. The molecule has 2 amide bonds. The lowest BCUT2D eigenvalue weighted by atomic mass is 9.78. The molecule has 2 saturated heterocycles. The zero-order valence-corrected chi connectivity index (χ0v) is 25.1. The molecular formula is C32H43N3O5S. The van der Waals surface area contributed by atoms with E-state index in [1.54, 1.807) is 21.6 Å². The number of hydrogen-bond acceptors (Lipinski definition) is 7. The number of fused-ring (bicyclic) bond motifs is 2. The number of ether oxygens (including phenoxy) is 1. The van der Waals surface area contributed by atoms with Crippen LogP contribution in [0.4, 0.5) is 11.4 Å². The summed E-state index contributed by atoms with van der Waals surface area (Å²) >= 11 is 1.59. The van der Waals surface area contributed by atoms with E-state index in [1.807, 2.05) is 18.2 Å². The summed E-state index contributed by atoms with van der Waals surface area (Å²) in [5.74, 6) is -1.84. The molecule has 1 spiro atoms. The standard InChI is InChI=1S/C32H43N3O5S/c1-3-33(4-2)23-14-16-24(17-15-23)34-20-12-18-32-27(26-25(41-32)13-8-7-11-22-40-31(26)39)29(37)35(28(32)30(34)38)19-9-5-6-10-21-36/h8,12-18,25-28,36H,3-7,9-11,19-22H2,1-2H3/b13-8-/t25-,26+,27-,28?,32-/m0/s1. The molecule has 0 aliphatic carbocycles. The van der Waals surface area contributed by atoms with Crippen LogP contribution in [0.15, 0.2) is 48.6 Å². The molecule has 2 fully saturated rings. The summed E-state index contributed by atoms with van der Waals surface area (Å²) in [6.07, 6.45) is 13.0. The molecule has 9 heteroatoms. The summed E-state index contributed by atoms with van der Waals surface area (Å²) < 4.78 is 4.82. The molecule has 8 nitrogen and oxygen atoms in total. The first-order valence-corrected chi connectivity index (χ1v) is 16.1. The first-order valence-electron chi connectivity index (χ1n) is 15.2. The number of allylic oxidation sites excluding steroid dienone is 1. The molecule has 0 radical (unpaired) electrons. The number of likely N-dealkylation sites (tertiary alicyclic amines) is 1. The molecule has 4 heterocycles. The van der Waals surface area contributed by atoms with Gasteiger partial charge in [-0.05, 0) is 63.8 Å². The second kappa shape index (κ2) is 13.0. The number of aliphatic hydroxyl groups is 1. The van der Waals surface area contributed by atoms with Gasteiger partial charge in [-0.15, -0.1) is 11.8 Å². The van der Waals surface area contributed by atoms with Gasteiger partial charge in [-0.25, -0.2) is 0 Å². The fraction of sp³-hybridized carbons (Fsp3) is 0.594. The van der Waals surface area contributed by atoms with Crippen LogP contribution < -0.4 is 9.80 Å². The Hall–Kier alpha value is -2.78. The molecule has 4 aliphatic heterocycles. The van der Waals surface area contributed by atoms with E-state index >= 15 is 0 Å². The van der Waals surface area contributed by atoms with Crippen LogP contribution in [0, 0.1) is 11.8 Å². The fourth-order valence-electron chi connectivity index (χ4n) is 6.90. The van der Waals surface area contributed by atoms with Crippen molar-refractivity contribution in [1.29, 1.82) is 0 Å². The maximum Gasteiger partial charge on any atom is 0.311 e. The molecule has 1 unspecified atom stereocenters. The van der Waals surface area contributed by atoms with E-state index < -0.39 is 22.6 Å². The average Bonchev–Trinajstić information content (AvgIpc) is 3.38. The third-order valence-electron chi connectivity index (χ3n) is 8.95. The van der Waals surface area contributed by atoms with E-state index in [0.29, 0.717) is 19.7 Å². The number of esters is 1. The molecule has 5 atom stereocenters. The maximum absolute atomic E-state index is 14.6. The van der Waals surface area contributed by atoms with Crippen molar-refractivity contribution < 1.29 is 24.2 Å². The number of rotatable bonds is 10. The Kier molecular flexibility index (Phi) is 9.44. The van der Waals surface area contributed by atoms with Crippen molar-refractivity contribution in [1.82, 2.24) is 4.90 Å². The van der Waals surface area contributed by atoms with Crippen molar-refractivity contribution in [2.24, 2.45) is 11.8 Å². The number of hydrogen-bond donors (Lipinski definition) is 1. The van der Waals surface area contributed by atoms with Crippen LogP contribution in [0.5, 0.6) is 0 Å². The van der Waals surface area contributed by atoms with Gasteiger partial charge >= 0.3 is 5.97 Å². The lowest BCUT2D eigenvalue weighted by Gasteiger charge is -2.35. The molecule has 0 saturated carbocycles. The van der Waals surface area contributed by atoms with E-state index in [-0.39, 0.29) is 29.6 Å². The monoisotopic (exact) mass is 581 g/mol. The van der Waals surface area contributed by atoms with Crippen LogP contribution in [0.2, 0.25) is 0 Å². The smallest absolute Gasteiger partial charge is 0.311 e. The third-order valence-corrected chi connectivity index (χ3v) is 10.7. The highest BCUT2D eigenvalue weighted by atomic mass is 32.2. The second-order valence-electron chi connectivity index (χ2n) is 11.3. The van der Waals surface area contributed by atoms with E-state index in [1.165, 1.54) is 0 Å². The van der Waals surface area contributed by atoms with Gasteiger partial charge in [0.15, 0.2) is 0 Å². The van der Waals surface area contributed by atoms with Gasteiger partial charge in [0, 0.05) is 49.4 Å². The Morgan fingerprint density at radius 2 is 1.78 bits per heavy atom. The number of cyclic esters (lactones) is 1. The SMILES string of the molecule is CCN(CC)c1ccc(N2CC=C[C@]34S[C@H]5/C=C\CCCOC(=O)[C@H]5[C@H]3C(=O)N(CCCCCCO)C4C2=O)cc1. The van der Waals surface area contributed by atoms with Crippen molar-refractivity contribution in [3.05, 3.63) is 48.6 Å². The average molecular weight is 582 g/mol. The number of carbonyl (C=O) groups excluding carboxylic acids is 3. The number of aliphatic hydroxyl groups excluding tert-OH is 1. The van der Waals surface area contributed by atoms with Crippen molar-refractivity contribution in [2.45, 2.75) is 68.4 Å². The fourth-order valence-corrected chi connectivity index (χ4v) is 8.91. The number of amides is 2. The summed E-state index contributed by atoms with van der Waals surface area (Å²) in [5.41, 5.74) is 1.91. The highest BCUT2D eigenvalue weighted by Crippen LogP contribution is 2.60. The largest absolute Gasteiger partial charge is 0.465 e. The summed E-state index contributed by atoms with van der Waals surface area (Å²) in [6.45, 7) is 7.40. The molecular weight excluding hydrogens is 538 g/mol. The minimum absolute atomic E-state index is 0.104. The van der Waals surface area contributed by atoms with Crippen LogP contribution in [-0.2, 0) is 19.1 Å². The van der Waals surface area contributed by atoms with Gasteiger partial charge in [0.2, 0.25) is 5.91 Å². The molecule has 5 rings (SSSR count). The highest BCUT2D eigenvalue weighted by molar-refractivity contribution is 8.02.